The van der Waals surface area contributed by atoms with Crippen LogP contribution in [0.5, 0.6) is 0 Å². The number of benzene rings is 1. The molecule has 2 aromatic rings. The Bertz CT molecular complexity index is 579. The van der Waals surface area contributed by atoms with Crippen molar-refractivity contribution in [2.45, 2.75) is 32.3 Å². The molecule has 1 aromatic heterocycles. The maximum atomic E-state index is 5.87. The van der Waals surface area contributed by atoms with Crippen LogP contribution in [-0.2, 0) is 10.2 Å². The molecule has 1 fully saturated rings. The van der Waals surface area contributed by atoms with Gasteiger partial charge in [-0.1, -0.05) is 32.9 Å². The molecule has 0 amide bonds. The Morgan fingerprint density at radius 2 is 2.21 bits per heavy atom. The lowest BCUT2D eigenvalue weighted by Crippen LogP contribution is -2.33. The molecule has 2 heterocycles. The summed E-state index contributed by atoms with van der Waals surface area (Å²) in [4.78, 5) is 4.87. The van der Waals surface area contributed by atoms with Gasteiger partial charge in [-0.3, -0.25) is 0 Å². The number of hydrogen-bond acceptors (Lipinski definition) is 4. The van der Waals surface area contributed by atoms with Gasteiger partial charge in [0.05, 0.1) is 27.9 Å². The van der Waals surface area contributed by atoms with Gasteiger partial charge in [0, 0.05) is 24.1 Å². The summed E-state index contributed by atoms with van der Waals surface area (Å²) in [5.74, 6) is 0. The Labute approximate surface area is 118 Å². The molecule has 0 saturated carbocycles. The van der Waals surface area contributed by atoms with Gasteiger partial charge in [-0.15, -0.1) is 11.3 Å². The molecule has 1 N–H and O–H groups in total. The summed E-state index contributed by atoms with van der Waals surface area (Å²) in [6.45, 7) is 9.23. The predicted molar refractivity (Wildman–Crippen MR) is 79.9 cm³/mol. The molecule has 19 heavy (non-hydrogen) atoms. The smallest absolute Gasteiger partial charge is 0.0992 e. The Morgan fingerprint density at radius 1 is 1.37 bits per heavy atom. The van der Waals surface area contributed by atoms with Crippen molar-refractivity contribution >= 4 is 21.6 Å². The third-order valence-electron chi connectivity index (χ3n) is 3.37. The molecule has 1 atom stereocenters. The molecule has 0 aliphatic carbocycles. The van der Waals surface area contributed by atoms with E-state index in [4.69, 9.17) is 9.72 Å². The largest absolute Gasteiger partial charge is 0.371 e. The second kappa shape index (κ2) is 4.85. The van der Waals surface area contributed by atoms with Gasteiger partial charge in [-0.05, 0) is 6.07 Å². The number of hydrogen-bond donors (Lipinski definition) is 1. The minimum Gasteiger partial charge on any atom is -0.371 e. The maximum absolute atomic E-state index is 5.87. The highest BCUT2D eigenvalue weighted by Gasteiger charge is 2.23. The van der Waals surface area contributed by atoms with Crippen LogP contribution < -0.4 is 5.32 Å². The molecule has 3 nitrogen and oxygen atoms in total. The lowest BCUT2D eigenvalue weighted by atomic mass is 9.98. The Morgan fingerprint density at radius 3 is 2.89 bits per heavy atom. The summed E-state index contributed by atoms with van der Waals surface area (Å²) < 4.78 is 7.13. The number of morpholine rings is 1. The standard InChI is InChI=1S/C15H20N2OS/c1-15(2,3)14-17-13-10(5-4-6-12(13)19-14)11-9-16-7-8-18-11/h4-6,11,16H,7-9H2,1-3H3. The number of aromatic nitrogens is 1. The summed E-state index contributed by atoms with van der Waals surface area (Å²) >= 11 is 1.80. The van der Waals surface area contributed by atoms with Gasteiger partial charge in [-0.25, -0.2) is 4.98 Å². The lowest BCUT2D eigenvalue weighted by Gasteiger charge is -2.24. The molecule has 0 radical (unpaired) electrons. The first-order valence-corrected chi connectivity index (χ1v) is 7.59. The maximum Gasteiger partial charge on any atom is 0.0992 e. The SMILES string of the molecule is CC(C)(C)c1nc2c(C3CNCCO3)cccc2s1. The zero-order valence-electron chi connectivity index (χ0n) is 11.7. The van der Waals surface area contributed by atoms with E-state index in [9.17, 15) is 0 Å². The van der Waals surface area contributed by atoms with E-state index in [1.807, 2.05) is 0 Å². The van der Waals surface area contributed by atoms with E-state index >= 15 is 0 Å². The van der Waals surface area contributed by atoms with Crippen LogP contribution in [0.1, 0.15) is 37.4 Å². The number of ether oxygens (including phenoxy) is 1. The van der Waals surface area contributed by atoms with Crippen LogP contribution in [0.4, 0.5) is 0 Å². The normalized spacial score (nSPS) is 20.9. The summed E-state index contributed by atoms with van der Waals surface area (Å²) in [6.07, 6.45) is 0.132. The van der Waals surface area contributed by atoms with Crippen molar-refractivity contribution in [2.75, 3.05) is 19.7 Å². The zero-order valence-corrected chi connectivity index (χ0v) is 12.5. The molecule has 102 valence electrons. The fourth-order valence-electron chi connectivity index (χ4n) is 2.32. The highest BCUT2D eigenvalue weighted by atomic mass is 32.1. The van der Waals surface area contributed by atoms with Gasteiger partial charge in [0.15, 0.2) is 0 Å². The second-order valence-electron chi connectivity index (χ2n) is 6.03. The van der Waals surface area contributed by atoms with Crippen molar-refractivity contribution in [3.8, 4) is 0 Å². The van der Waals surface area contributed by atoms with Crippen LogP contribution in [0.3, 0.4) is 0 Å². The van der Waals surface area contributed by atoms with E-state index in [-0.39, 0.29) is 11.5 Å². The molecule has 1 aliphatic heterocycles. The zero-order chi connectivity index (χ0) is 13.5. The Balaban J connectivity index is 2.07. The van der Waals surface area contributed by atoms with Crippen molar-refractivity contribution in [1.82, 2.24) is 10.3 Å². The first-order chi connectivity index (χ1) is 9.05. The molecule has 1 unspecified atom stereocenters. The van der Waals surface area contributed by atoms with E-state index in [2.05, 4.69) is 44.3 Å². The molecule has 1 aliphatic rings. The van der Waals surface area contributed by atoms with Gasteiger partial charge >= 0.3 is 0 Å². The third kappa shape index (κ3) is 2.53. The van der Waals surface area contributed by atoms with Crippen LogP contribution in [0.15, 0.2) is 18.2 Å². The summed E-state index contributed by atoms with van der Waals surface area (Å²) in [6, 6.07) is 6.41. The van der Waals surface area contributed by atoms with Gasteiger partial charge in [-0.2, -0.15) is 0 Å². The van der Waals surface area contributed by atoms with Crippen molar-refractivity contribution in [3.05, 3.63) is 28.8 Å². The molecule has 3 rings (SSSR count). The minimum absolute atomic E-state index is 0.104. The quantitative estimate of drug-likeness (QED) is 0.868. The number of para-hydroxylation sites is 1. The first kappa shape index (κ1) is 13.0. The first-order valence-electron chi connectivity index (χ1n) is 6.78. The fourth-order valence-corrected chi connectivity index (χ4v) is 3.37. The second-order valence-corrected chi connectivity index (χ2v) is 7.06. The number of nitrogens with one attached hydrogen (secondary N) is 1. The fraction of sp³-hybridized carbons (Fsp3) is 0.533. The van der Waals surface area contributed by atoms with Crippen LogP contribution in [-0.4, -0.2) is 24.7 Å². The highest BCUT2D eigenvalue weighted by Crippen LogP contribution is 2.35. The monoisotopic (exact) mass is 276 g/mol. The molecule has 0 spiro atoms. The topological polar surface area (TPSA) is 34.2 Å². The summed E-state index contributed by atoms with van der Waals surface area (Å²) in [5, 5.41) is 4.58. The number of thiazole rings is 1. The molecular weight excluding hydrogens is 256 g/mol. The lowest BCUT2D eigenvalue weighted by molar-refractivity contribution is 0.0285. The Hall–Kier alpha value is -0.970. The predicted octanol–water partition coefficient (Wildman–Crippen LogP) is 3.25. The van der Waals surface area contributed by atoms with Crippen molar-refractivity contribution in [3.63, 3.8) is 0 Å². The molecule has 0 bridgehead atoms. The minimum atomic E-state index is 0.104. The summed E-state index contributed by atoms with van der Waals surface area (Å²) in [7, 11) is 0. The summed E-state index contributed by atoms with van der Waals surface area (Å²) in [5.41, 5.74) is 2.44. The van der Waals surface area contributed by atoms with Gasteiger partial charge < -0.3 is 10.1 Å². The van der Waals surface area contributed by atoms with Gasteiger partial charge in [0.2, 0.25) is 0 Å². The van der Waals surface area contributed by atoms with E-state index in [1.165, 1.54) is 15.3 Å². The van der Waals surface area contributed by atoms with Crippen molar-refractivity contribution in [1.29, 1.82) is 0 Å². The highest BCUT2D eigenvalue weighted by molar-refractivity contribution is 7.18. The molecule has 4 heteroatoms. The Kier molecular flexibility index (Phi) is 3.33. The third-order valence-corrected chi connectivity index (χ3v) is 4.81. The van der Waals surface area contributed by atoms with Crippen molar-refractivity contribution in [2.24, 2.45) is 0 Å². The van der Waals surface area contributed by atoms with Gasteiger partial charge in [0.1, 0.15) is 0 Å². The molecular formula is C15H20N2OS. The molecule has 1 aromatic carbocycles. The van der Waals surface area contributed by atoms with Crippen LogP contribution in [0, 0.1) is 0 Å². The van der Waals surface area contributed by atoms with Crippen LogP contribution in [0.25, 0.3) is 10.2 Å². The van der Waals surface area contributed by atoms with E-state index < -0.39 is 0 Å². The number of fused-ring (bicyclic) bond motifs is 1. The van der Waals surface area contributed by atoms with Gasteiger partial charge in [0.25, 0.3) is 0 Å². The average molecular weight is 276 g/mol. The number of nitrogens with zero attached hydrogens (tertiary/aromatic N) is 1. The van der Waals surface area contributed by atoms with E-state index in [0.29, 0.717) is 0 Å². The average Bonchev–Trinajstić information content (AvgIpc) is 2.83. The van der Waals surface area contributed by atoms with Crippen molar-refractivity contribution < 1.29 is 4.74 Å². The number of rotatable bonds is 1. The van der Waals surface area contributed by atoms with Crippen LogP contribution >= 0.6 is 11.3 Å². The van der Waals surface area contributed by atoms with E-state index in [0.717, 1.165) is 25.2 Å². The molecule has 1 saturated heterocycles. The van der Waals surface area contributed by atoms with Crippen LogP contribution in [0.2, 0.25) is 0 Å². The van der Waals surface area contributed by atoms with E-state index in [1.54, 1.807) is 11.3 Å².